The second kappa shape index (κ2) is 8.16. The van der Waals surface area contributed by atoms with Gasteiger partial charge in [0, 0.05) is 35.6 Å². The van der Waals surface area contributed by atoms with E-state index in [1.165, 1.54) is 0 Å². The van der Waals surface area contributed by atoms with Crippen molar-refractivity contribution in [3.05, 3.63) is 41.6 Å². The second-order valence-electron chi connectivity index (χ2n) is 6.52. The summed E-state index contributed by atoms with van der Waals surface area (Å²) in [5, 5.41) is 5.92. The number of carbonyl (C=O) groups is 2. The third-order valence-corrected chi connectivity index (χ3v) is 4.73. The monoisotopic (exact) mass is 367 g/mol. The fraction of sp³-hybridized carbons (Fsp3) is 0.400. The molecule has 0 saturated heterocycles. The van der Waals surface area contributed by atoms with Gasteiger partial charge in [-0.05, 0) is 44.0 Å². The van der Waals surface area contributed by atoms with Gasteiger partial charge in [-0.3, -0.25) is 14.5 Å². The molecule has 2 amide bonds. The quantitative estimate of drug-likeness (QED) is 0.785. The number of benzene rings is 1. The van der Waals surface area contributed by atoms with Crippen LogP contribution in [0.5, 0.6) is 0 Å². The molecular weight excluding hydrogens is 342 g/mol. The predicted octanol–water partition coefficient (Wildman–Crippen LogP) is 3.05. The summed E-state index contributed by atoms with van der Waals surface area (Å²) < 4.78 is 0. The minimum absolute atomic E-state index is 0.0800. The van der Waals surface area contributed by atoms with E-state index in [1.54, 1.807) is 23.2 Å². The van der Waals surface area contributed by atoms with Crippen LogP contribution >= 0.6 is 0 Å². The van der Waals surface area contributed by atoms with Gasteiger partial charge in [0.25, 0.3) is 5.91 Å². The van der Waals surface area contributed by atoms with Crippen molar-refractivity contribution in [2.24, 2.45) is 0 Å². The van der Waals surface area contributed by atoms with Crippen molar-refractivity contribution >= 4 is 29.3 Å². The van der Waals surface area contributed by atoms with Gasteiger partial charge in [-0.25, -0.2) is 4.98 Å². The fourth-order valence-electron chi connectivity index (χ4n) is 3.28. The third kappa shape index (κ3) is 3.92. The Labute approximate surface area is 159 Å². The average molecular weight is 367 g/mol. The van der Waals surface area contributed by atoms with Crippen molar-refractivity contribution in [2.75, 3.05) is 16.8 Å². The maximum Gasteiger partial charge on any atom is 0.251 e. The van der Waals surface area contributed by atoms with Gasteiger partial charge in [-0.15, -0.1) is 0 Å². The van der Waals surface area contributed by atoms with Crippen molar-refractivity contribution in [3.63, 3.8) is 0 Å². The lowest BCUT2D eigenvalue weighted by molar-refractivity contribution is -0.117. The molecule has 0 aliphatic carbocycles. The Hall–Kier alpha value is -2.96. The summed E-state index contributed by atoms with van der Waals surface area (Å²) in [6.45, 7) is 6.63. The van der Waals surface area contributed by atoms with Crippen LogP contribution in [0.3, 0.4) is 0 Å². The fourth-order valence-corrected chi connectivity index (χ4v) is 3.28. The van der Waals surface area contributed by atoms with E-state index in [2.05, 4.69) is 34.4 Å². The van der Waals surface area contributed by atoms with Crippen molar-refractivity contribution in [1.82, 2.24) is 15.3 Å². The summed E-state index contributed by atoms with van der Waals surface area (Å²) in [5.74, 6) is 1.11. The van der Waals surface area contributed by atoms with Gasteiger partial charge in [-0.2, -0.15) is 4.98 Å². The summed E-state index contributed by atoms with van der Waals surface area (Å²) in [6.07, 6.45) is 3.84. The normalized spacial score (nSPS) is 13.0. The van der Waals surface area contributed by atoms with Gasteiger partial charge in [0.1, 0.15) is 5.82 Å². The first-order valence-corrected chi connectivity index (χ1v) is 9.40. The lowest BCUT2D eigenvalue weighted by atomic mass is 10.1. The van der Waals surface area contributed by atoms with Crippen molar-refractivity contribution in [3.8, 4) is 0 Å². The number of fused-ring (bicyclic) bond motifs is 1. The van der Waals surface area contributed by atoms with Gasteiger partial charge in [0.05, 0.1) is 6.42 Å². The number of anilines is 3. The van der Waals surface area contributed by atoms with E-state index in [0.717, 1.165) is 24.1 Å². The molecule has 0 bridgehead atoms. The Morgan fingerprint density at radius 3 is 2.52 bits per heavy atom. The van der Waals surface area contributed by atoms with Crippen LogP contribution in [0, 0.1) is 0 Å². The topological polar surface area (TPSA) is 87.2 Å². The zero-order chi connectivity index (χ0) is 19.4. The number of hydrogen-bond donors (Lipinski definition) is 2. The minimum atomic E-state index is -0.0999. The standard InChI is InChI=1S/C20H25N5O2/c1-4-16(5-2)25-17(26)11-14-12-22-20(24-18(14)25)23-15-9-7-13(8-10-15)19(27)21-6-3/h7-10,12,16H,4-6,11H2,1-3H3,(H,21,27)(H,22,23,24). The SMILES string of the molecule is CCNC(=O)c1ccc(Nc2ncc3c(n2)N(C(CC)CC)C(=O)C3)cc1. The van der Waals surface area contributed by atoms with E-state index in [9.17, 15) is 9.59 Å². The van der Waals surface area contributed by atoms with Crippen molar-refractivity contribution in [2.45, 2.75) is 46.1 Å². The first-order valence-electron chi connectivity index (χ1n) is 9.40. The largest absolute Gasteiger partial charge is 0.352 e. The molecule has 1 aromatic heterocycles. The highest BCUT2D eigenvalue weighted by Crippen LogP contribution is 2.31. The van der Waals surface area contributed by atoms with Gasteiger partial charge < -0.3 is 10.6 Å². The maximum absolute atomic E-state index is 12.4. The number of aromatic nitrogens is 2. The molecule has 0 unspecified atom stereocenters. The highest BCUT2D eigenvalue weighted by molar-refractivity contribution is 6.00. The third-order valence-electron chi connectivity index (χ3n) is 4.73. The van der Waals surface area contributed by atoms with Crippen LogP contribution in [0.25, 0.3) is 0 Å². The highest BCUT2D eigenvalue weighted by Gasteiger charge is 2.33. The molecule has 3 rings (SSSR count). The van der Waals surface area contributed by atoms with Crippen molar-refractivity contribution in [1.29, 1.82) is 0 Å². The Bertz CT molecular complexity index is 831. The number of nitrogens with one attached hydrogen (secondary N) is 2. The molecule has 0 fully saturated rings. The van der Waals surface area contributed by atoms with Gasteiger partial charge in [0.2, 0.25) is 11.9 Å². The first-order chi connectivity index (χ1) is 13.1. The Kier molecular flexibility index (Phi) is 5.69. The molecule has 0 radical (unpaired) electrons. The predicted molar refractivity (Wildman–Crippen MR) is 105 cm³/mol. The van der Waals surface area contributed by atoms with Gasteiger partial charge >= 0.3 is 0 Å². The van der Waals surface area contributed by atoms with Crippen LogP contribution in [-0.4, -0.2) is 34.4 Å². The van der Waals surface area contributed by atoms with E-state index in [1.807, 2.05) is 19.1 Å². The molecule has 0 spiro atoms. The number of amides is 2. The molecule has 27 heavy (non-hydrogen) atoms. The van der Waals surface area contributed by atoms with Crippen LogP contribution in [-0.2, 0) is 11.2 Å². The number of rotatable bonds is 7. The van der Waals surface area contributed by atoms with Crippen LogP contribution in [0.15, 0.2) is 30.5 Å². The molecule has 1 aliphatic rings. The Balaban J connectivity index is 1.80. The summed E-state index contributed by atoms with van der Waals surface area (Å²) in [7, 11) is 0. The maximum atomic E-state index is 12.4. The number of nitrogens with zero attached hydrogens (tertiary/aromatic N) is 3. The summed E-state index contributed by atoms with van der Waals surface area (Å²) in [5.41, 5.74) is 2.24. The molecule has 142 valence electrons. The molecule has 1 aromatic carbocycles. The summed E-state index contributed by atoms with van der Waals surface area (Å²) in [6, 6.07) is 7.27. The van der Waals surface area contributed by atoms with E-state index >= 15 is 0 Å². The van der Waals surface area contributed by atoms with Crippen LogP contribution < -0.4 is 15.5 Å². The summed E-state index contributed by atoms with van der Waals surface area (Å²) >= 11 is 0. The highest BCUT2D eigenvalue weighted by atomic mass is 16.2. The van der Waals surface area contributed by atoms with Crippen LogP contribution in [0.2, 0.25) is 0 Å². The number of hydrogen-bond acceptors (Lipinski definition) is 5. The number of carbonyl (C=O) groups excluding carboxylic acids is 2. The van der Waals surface area contributed by atoms with Crippen LogP contribution in [0.1, 0.15) is 49.5 Å². The van der Waals surface area contributed by atoms with E-state index in [-0.39, 0.29) is 17.9 Å². The molecule has 7 nitrogen and oxygen atoms in total. The Morgan fingerprint density at radius 2 is 1.89 bits per heavy atom. The molecule has 0 atom stereocenters. The minimum Gasteiger partial charge on any atom is -0.352 e. The first kappa shape index (κ1) is 18.8. The van der Waals surface area contributed by atoms with Crippen molar-refractivity contribution < 1.29 is 9.59 Å². The molecule has 2 N–H and O–H groups in total. The molecule has 7 heteroatoms. The molecular formula is C20H25N5O2. The van der Waals surface area contributed by atoms with Gasteiger partial charge in [0.15, 0.2) is 0 Å². The zero-order valence-corrected chi connectivity index (χ0v) is 16.0. The summed E-state index contributed by atoms with van der Waals surface area (Å²) in [4.78, 5) is 35.0. The molecule has 2 aromatic rings. The zero-order valence-electron chi connectivity index (χ0n) is 16.0. The van der Waals surface area contributed by atoms with Crippen LogP contribution in [0.4, 0.5) is 17.5 Å². The van der Waals surface area contributed by atoms with E-state index in [0.29, 0.717) is 30.3 Å². The van der Waals surface area contributed by atoms with E-state index in [4.69, 9.17) is 0 Å². The molecule has 2 heterocycles. The van der Waals surface area contributed by atoms with Gasteiger partial charge in [-0.1, -0.05) is 13.8 Å². The lowest BCUT2D eigenvalue weighted by Crippen LogP contribution is -2.37. The molecule has 0 saturated carbocycles. The van der Waals surface area contributed by atoms with E-state index < -0.39 is 0 Å². The smallest absolute Gasteiger partial charge is 0.251 e. The Morgan fingerprint density at radius 1 is 1.19 bits per heavy atom. The lowest BCUT2D eigenvalue weighted by Gasteiger charge is -2.25. The molecule has 1 aliphatic heterocycles. The second-order valence-corrected chi connectivity index (χ2v) is 6.52. The average Bonchev–Trinajstić information content (AvgIpc) is 2.99.